The van der Waals surface area contributed by atoms with Gasteiger partial charge in [-0.1, -0.05) is 0 Å². The first-order chi connectivity index (χ1) is 9.29. The molecule has 0 radical (unpaired) electrons. The number of nitrogens with zero attached hydrogens (tertiary/aromatic N) is 1. The van der Waals surface area contributed by atoms with Gasteiger partial charge in [-0.25, -0.2) is 8.42 Å². The summed E-state index contributed by atoms with van der Waals surface area (Å²) in [6.07, 6.45) is 5.02. The molecule has 2 aliphatic rings. The molecule has 0 aromatic carbocycles. The molecule has 2 fully saturated rings. The predicted molar refractivity (Wildman–Crippen MR) is 83.7 cm³/mol. The molecule has 1 N–H and O–H groups in total. The van der Waals surface area contributed by atoms with Crippen LogP contribution in [0.3, 0.4) is 0 Å². The van der Waals surface area contributed by atoms with E-state index in [4.69, 9.17) is 0 Å². The second-order valence-electron chi connectivity index (χ2n) is 7.37. The van der Waals surface area contributed by atoms with Gasteiger partial charge in [0, 0.05) is 19.1 Å². The highest BCUT2D eigenvalue weighted by atomic mass is 32.2. The van der Waals surface area contributed by atoms with Crippen molar-refractivity contribution in [3.8, 4) is 0 Å². The van der Waals surface area contributed by atoms with Crippen LogP contribution in [0.5, 0.6) is 0 Å². The molecule has 20 heavy (non-hydrogen) atoms. The molecule has 0 amide bonds. The van der Waals surface area contributed by atoms with Crippen LogP contribution < -0.4 is 5.32 Å². The molecule has 4 nitrogen and oxygen atoms in total. The SMILES string of the molecule is CC(C)(C)S(=O)(=O)CCN(CC1CCCNC1)C1CC1. The Morgan fingerprint density at radius 2 is 1.90 bits per heavy atom. The van der Waals surface area contributed by atoms with Gasteiger partial charge in [0.2, 0.25) is 0 Å². The first kappa shape index (κ1) is 16.2. The van der Waals surface area contributed by atoms with Gasteiger partial charge < -0.3 is 5.32 Å². The van der Waals surface area contributed by atoms with E-state index in [9.17, 15) is 8.42 Å². The molecule has 0 aromatic rings. The molecule has 1 aliphatic heterocycles. The molecular weight excluding hydrogens is 272 g/mol. The van der Waals surface area contributed by atoms with Crippen molar-refractivity contribution in [1.82, 2.24) is 10.2 Å². The molecule has 0 bridgehead atoms. The van der Waals surface area contributed by atoms with E-state index in [1.54, 1.807) is 20.8 Å². The number of nitrogens with one attached hydrogen (secondary N) is 1. The van der Waals surface area contributed by atoms with E-state index in [1.165, 1.54) is 25.7 Å². The molecule has 118 valence electrons. The van der Waals surface area contributed by atoms with E-state index in [0.29, 0.717) is 24.3 Å². The molecular formula is C15H30N2O2S. The minimum Gasteiger partial charge on any atom is -0.316 e. The van der Waals surface area contributed by atoms with Gasteiger partial charge in [0.25, 0.3) is 0 Å². The maximum atomic E-state index is 12.3. The summed E-state index contributed by atoms with van der Waals surface area (Å²) in [6.45, 7) is 9.41. The van der Waals surface area contributed by atoms with Gasteiger partial charge in [-0.05, 0) is 65.5 Å². The van der Waals surface area contributed by atoms with Crippen LogP contribution in [-0.2, 0) is 9.84 Å². The lowest BCUT2D eigenvalue weighted by Gasteiger charge is -2.31. The molecule has 1 saturated heterocycles. The second kappa shape index (κ2) is 6.32. The van der Waals surface area contributed by atoms with Gasteiger partial charge in [0.05, 0.1) is 10.5 Å². The van der Waals surface area contributed by atoms with Crippen LogP contribution in [0.25, 0.3) is 0 Å². The smallest absolute Gasteiger partial charge is 0.156 e. The molecule has 1 unspecified atom stereocenters. The minimum absolute atomic E-state index is 0.299. The van der Waals surface area contributed by atoms with Crippen molar-refractivity contribution in [3.05, 3.63) is 0 Å². The number of rotatable bonds is 6. The lowest BCUT2D eigenvalue weighted by molar-refractivity contribution is 0.209. The average Bonchev–Trinajstić information content (AvgIpc) is 3.18. The Labute approximate surface area is 124 Å². The summed E-state index contributed by atoms with van der Waals surface area (Å²) in [5.41, 5.74) is 0. The zero-order chi connectivity index (χ0) is 14.8. The summed E-state index contributed by atoms with van der Waals surface area (Å²) in [7, 11) is -3.00. The Hall–Kier alpha value is -0.130. The lowest BCUT2D eigenvalue weighted by Crippen LogP contribution is -2.42. The molecule has 2 rings (SSSR count). The fourth-order valence-corrected chi connectivity index (χ4v) is 3.90. The zero-order valence-corrected chi connectivity index (χ0v) is 14.0. The molecule has 1 heterocycles. The van der Waals surface area contributed by atoms with E-state index in [1.807, 2.05) is 0 Å². The highest BCUT2D eigenvalue weighted by Gasteiger charge is 2.34. The fourth-order valence-electron chi connectivity index (χ4n) is 2.82. The number of sulfone groups is 1. The number of hydrogen-bond acceptors (Lipinski definition) is 4. The number of piperidine rings is 1. The van der Waals surface area contributed by atoms with Crippen LogP contribution in [0.1, 0.15) is 46.5 Å². The highest BCUT2D eigenvalue weighted by molar-refractivity contribution is 7.92. The van der Waals surface area contributed by atoms with Crippen molar-refractivity contribution in [2.45, 2.75) is 57.2 Å². The first-order valence-corrected chi connectivity index (χ1v) is 9.62. The van der Waals surface area contributed by atoms with Gasteiger partial charge in [-0.15, -0.1) is 0 Å². The summed E-state index contributed by atoms with van der Waals surface area (Å²) in [5, 5.41) is 3.45. The van der Waals surface area contributed by atoms with E-state index in [0.717, 1.165) is 19.6 Å². The molecule has 1 atom stereocenters. The van der Waals surface area contributed by atoms with Gasteiger partial charge in [-0.2, -0.15) is 0 Å². The summed E-state index contributed by atoms with van der Waals surface area (Å²) in [4.78, 5) is 2.43. The molecule has 0 spiro atoms. The second-order valence-corrected chi connectivity index (χ2v) is 10.2. The molecule has 0 aromatic heterocycles. The normalized spacial score (nSPS) is 25.1. The van der Waals surface area contributed by atoms with Crippen LogP contribution in [0, 0.1) is 5.92 Å². The van der Waals surface area contributed by atoms with Crippen LogP contribution in [0.15, 0.2) is 0 Å². The van der Waals surface area contributed by atoms with Crippen LogP contribution in [0.4, 0.5) is 0 Å². The maximum absolute atomic E-state index is 12.3. The van der Waals surface area contributed by atoms with Crippen molar-refractivity contribution in [2.75, 3.05) is 31.9 Å². The highest BCUT2D eigenvalue weighted by Crippen LogP contribution is 2.29. The van der Waals surface area contributed by atoms with Crippen molar-refractivity contribution in [1.29, 1.82) is 0 Å². The predicted octanol–water partition coefficient (Wildman–Crippen LogP) is 1.66. The molecule has 1 aliphatic carbocycles. The monoisotopic (exact) mass is 302 g/mol. The molecule has 1 saturated carbocycles. The van der Waals surface area contributed by atoms with Gasteiger partial charge in [0.1, 0.15) is 0 Å². The quantitative estimate of drug-likeness (QED) is 0.811. The Balaban J connectivity index is 1.86. The third-order valence-corrected chi connectivity index (χ3v) is 7.12. The van der Waals surface area contributed by atoms with E-state index >= 15 is 0 Å². The lowest BCUT2D eigenvalue weighted by atomic mass is 9.99. The average molecular weight is 302 g/mol. The van der Waals surface area contributed by atoms with E-state index in [2.05, 4.69) is 10.2 Å². The summed E-state index contributed by atoms with van der Waals surface area (Å²) >= 11 is 0. The third kappa shape index (κ3) is 4.43. The van der Waals surface area contributed by atoms with Gasteiger partial charge in [-0.3, -0.25) is 4.90 Å². The number of hydrogen-bond donors (Lipinski definition) is 1. The van der Waals surface area contributed by atoms with Crippen molar-refractivity contribution in [3.63, 3.8) is 0 Å². The Bertz CT molecular complexity index is 404. The van der Waals surface area contributed by atoms with E-state index < -0.39 is 14.6 Å². The Kier molecular flexibility index (Phi) is 5.14. The van der Waals surface area contributed by atoms with E-state index in [-0.39, 0.29) is 0 Å². The van der Waals surface area contributed by atoms with Crippen LogP contribution in [0.2, 0.25) is 0 Å². The largest absolute Gasteiger partial charge is 0.316 e. The Morgan fingerprint density at radius 3 is 2.40 bits per heavy atom. The summed E-state index contributed by atoms with van der Waals surface area (Å²) in [6, 6.07) is 0.645. The topological polar surface area (TPSA) is 49.4 Å². The van der Waals surface area contributed by atoms with Crippen LogP contribution >= 0.6 is 0 Å². The third-order valence-electron chi connectivity index (χ3n) is 4.54. The first-order valence-electron chi connectivity index (χ1n) is 7.97. The van der Waals surface area contributed by atoms with Gasteiger partial charge >= 0.3 is 0 Å². The van der Waals surface area contributed by atoms with Gasteiger partial charge in [0.15, 0.2) is 9.84 Å². The summed E-state index contributed by atoms with van der Waals surface area (Å²) in [5.74, 6) is 0.995. The molecule has 5 heteroatoms. The van der Waals surface area contributed by atoms with Crippen molar-refractivity contribution >= 4 is 9.84 Å². The maximum Gasteiger partial charge on any atom is 0.156 e. The minimum atomic E-state index is -3.00. The Morgan fingerprint density at radius 1 is 1.20 bits per heavy atom. The summed E-state index contributed by atoms with van der Waals surface area (Å²) < 4.78 is 23.9. The zero-order valence-electron chi connectivity index (χ0n) is 13.2. The van der Waals surface area contributed by atoms with Crippen molar-refractivity contribution in [2.24, 2.45) is 5.92 Å². The fraction of sp³-hybridized carbons (Fsp3) is 1.00. The van der Waals surface area contributed by atoms with Crippen molar-refractivity contribution < 1.29 is 8.42 Å². The van der Waals surface area contributed by atoms with Crippen LogP contribution in [-0.4, -0.2) is 56.0 Å². The standard InChI is InChI=1S/C15H30N2O2S/c1-15(2,3)20(18,19)10-9-17(14-6-7-14)12-13-5-4-8-16-11-13/h13-14,16H,4-12H2,1-3H3.